The largest absolute Gasteiger partial charge is 0.354 e. The van der Waals surface area contributed by atoms with Gasteiger partial charge in [-0.1, -0.05) is 0 Å². The van der Waals surface area contributed by atoms with Crippen molar-refractivity contribution in [3.8, 4) is 0 Å². The topological polar surface area (TPSA) is 71.3 Å². The molecular formula is C10H14N4O2. The lowest BCUT2D eigenvalue weighted by atomic mass is 10.1. The van der Waals surface area contributed by atoms with Gasteiger partial charge < -0.3 is 10.2 Å². The summed E-state index contributed by atoms with van der Waals surface area (Å²) in [7, 11) is 1.91. The predicted octanol–water partition coefficient (Wildman–Crippen LogP) is 0.706. The fraction of sp³-hybridized carbons (Fsp3) is 0.500. The average molecular weight is 222 g/mol. The van der Waals surface area contributed by atoms with Crippen molar-refractivity contribution in [3.63, 3.8) is 0 Å². The molecule has 1 fully saturated rings. The van der Waals surface area contributed by atoms with Crippen molar-refractivity contribution < 1.29 is 4.92 Å². The summed E-state index contributed by atoms with van der Waals surface area (Å²) in [4.78, 5) is 16.6. The molecule has 1 aliphatic heterocycles. The summed E-state index contributed by atoms with van der Waals surface area (Å²) in [6.07, 6.45) is 1.55. The van der Waals surface area contributed by atoms with Crippen LogP contribution in [-0.2, 0) is 0 Å². The molecule has 16 heavy (non-hydrogen) atoms. The van der Waals surface area contributed by atoms with Gasteiger partial charge in [-0.2, -0.15) is 0 Å². The Morgan fingerprint density at radius 3 is 2.81 bits per heavy atom. The Labute approximate surface area is 93.4 Å². The maximum atomic E-state index is 10.8. The van der Waals surface area contributed by atoms with Gasteiger partial charge in [0.05, 0.1) is 17.0 Å². The summed E-state index contributed by atoms with van der Waals surface area (Å²) in [6, 6.07) is 1.92. The standard InChI is InChI=1S/C10H14N4O2/c1-7-4-12-10(3-9(7)14(15)16)13(2)8-5-11-6-8/h3-4,8,11H,5-6H2,1-2H3. The zero-order valence-electron chi connectivity index (χ0n) is 9.30. The Balaban J connectivity index is 2.27. The molecule has 6 nitrogen and oxygen atoms in total. The van der Waals surface area contributed by atoms with Crippen molar-refractivity contribution in [2.24, 2.45) is 0 Å². The molecule has 86 valence electrons. The van der Waals surface area contributed by atoms with Crippen LogP contribution in [0, 0.1) is 17.0 Å². The second-order valence-corrected chi connectivity index (χ2v) is 4.01. The number of aromatic nitrogens is 1. The highest BCUT2D eigenvalue weighted by molar-refractivity contribution is 5.51. The van der Waals surface area contributed by atoms with Gasteiger partial charge in [-0.15, -0.1) is 0 Å². The van der Waals surface area contributed by atoms with Crippen LogP contribution in [0.1, 0.15) is 5.56 Å². The quantitative estimate of drug-likeness (QED) is 0.602. The van der Waals surface area contributed by atoms with Crippen molar-refractivity contribution in [2.45, 2.75) is 13.0 Å². The summed E-state index contributed by atoms with van der Waals surface area (Å²) >= 11 is 0. The van der Waals surface area contributed by atoms with E-state index in [0.29, 0.717) is 17.4 Å². The molecule has 0 radical (unpaired) electrons. The fourth-order valence-electron chi connectivity index (χ4n) is 1.63. The zero-order chi connectivity index (χ0) is 11.7. The highest BCUT2D eigenvalue weighted by Gasteiger charge is 2.24. The van der Waals surface area contributed by atoms with Crippen LogP contribution in [0.2, 0.25) is 0 Å². The fourth-order valence-corrected chi connectivity index (χ4v) is 1.63. The van der Waals surface area contributed by atoms with E-state index < -0.39 is 0 Å². The first-order valence-electron chi connectivity index (χ1n) is 5.14. The summed E-state index contributed by atoms with van der Waals surface area (Å²) in [5.74, 6) is 0.656. The van der Waals surface area contributed by atoms with Crippen LogP contribution >= 0.6 is 0 Å². The van der Waals surface area contributed by atoms with Crippen molar-refractivity contribution in [3.05, 3.63) is 27.9 Å². The molecule has 1 aromatic rings. The van der Waals surface area contributed by atoms with Crippen molar-refractivity contribution in [1.29, 1.82) is 0 Å². The van der Waals surface area contributed by atoms with E-state index in [9.17, 15) is 10.1 Å². The highest BCUT2D eigenvalue weighted by Crippen LogP contribution is 2.23. The van der Waals surface area contributed by atoms with Gasteiger partial charge in [0.25, 0.3) is 5.69 Å². The molecule has 0 spiro atoms. The number of hydrogen-bond donors (Lipinski definition) is 1. The van der Waals surface area contributed by atoms with E-state index in [0.717, 1.165) is 13.1 Å². The number of pyridine rings is 1. The molecular weight excluding hydrogens is 208 g/mol. The zero-order valence-corrected chi connectivity index (χ0v) is 9.30. The van der Waals surface area contributed by atoms with E-state index >= 15 is 0 Å². The highest BCUT2D eigenvalue weighted by atomic mass is 16.6. The number of nitro groups is 1. The van der Waals surface area contributed by atoms with Gasteiger partial charge in [0.2, 0.25) is 0 Å². The molecule has 0 bridgehead atoms. The number of aryl methyl sites for hydroxylation is 1. The third-order valence-electron chi connectivity index (χ3n) is 2.93. The predicted molar refractivity (Wildman–Crippen MR) is 60.7 cm³/mol. The molecule has 1 aromatic heterocycles. The molecule has 0 aromatic carbocycles. The molecule has 0 atom stereocenters. The van der Waals surface area contributed by atoms with Crippen LogP contribution in [0.4, 0.5) is 11.5 Å². The summed E-state index contributed by atoms with van der Waals surface area (Å²) in [5, 5.41) is 14.0. The number of hydrogen-bond acceptors (Lipinski definition) is 5. The number of nitrogens with one attached hydrogen (secondary N) is 1. The Morgan fingerprint density at radius 2 is 2.31 bits per heavy atom. The van der Waals surface area contributed by atoms with Crippen LogP contribution in [0.3, 0.4) is 0 Å². The molecule has 1 aliphatic rings. The smallest absolute Gasteiger partial charge is 0.277 e. The summed E-state index contributed by atoms with van der Waals surface area (Å²) < 4.78 is 0. The van der Waals surface area contributed by atoms with E-state index in [1.807, 2.05) is 11.9 Å². The van der Waals surface area contributed by atoms with Crippen LogP contribution in [0.25, 0.3) is 0 Å². The molecule has 1 N–H and O–H groups in total. The lowest BCUT2D eigenvalue weighted by molar-refractivity contribution is -0.385. The minimum Gasteiger partial charge on any atom is -0.354 e. The van der Waals surface area contributed by atoms with Gasteiger partial charge in [0.1, 0.15) is 5.82 Å². The average Bonchev–Trinajstić information content (AvgIpc) is 2.15. The van der Waals surface area contributed by atoms with Crippen LogP contribution in [0.5, 0.6) is 0 Å². The molecule has 6 heteroatoms. The van der Waals surface area contributed by atoms with Crippen LogP contribution < -0.4 is 10.2 Å². The molecule has 0 aliphatic carbocycles. The first kappa shape index (κ1) is 10.8. The minimum absolute atomic E-state index is 0.129. The van der Waals surface area contributed by atoms with Gasteiger partial charge in [-0.05, 0) is 6.92 Å². The molecule has 2 heterocycles. The van der Waals surface area contributed by atoms with E-state index in [1.165, 1.54) is 6.07 Å². The number of anilines is 1. The van der Waals surface area contributed by atoms with Crippen LogP contribution in [0.15, 0.2) is 12.3 Å². The Bertz CT molecular complexity index is 417. The molecule has 0 amide bonds. The third kappa shape index (κ3) is 1.83. The van der Waals surface area contributed by atoms with E-state index in [-0.39, 0.29) is 10.6 Å². The van der Waals surface area contributed by atoms with Gasteiger partial charge in [0, 0.05) is 31.9 Å². The van der Waals surface area contributed by atoms with Crippen LogP contribution in [-0.4, -0.2) is 36.1 Å². The van der Waals surface area contributed by atoms with E-state index in [1.54, 1.807) is 13.1 Å². The first-order chi connectivity index (χ1) is 7.59. The maximum Gasteiger partial charge on any atom is 0.277 e. The molecule has 0 saturated carbocycles. The Hall–Kier alpha value is -1.69. The number of likely N-dealkylation sites (N-methyl/N-ethyl adjacent to an activating group) is 1. The van der Waals surface area contributed by atoms with Gasteiger partial charge in [-0.3, -0.25) is 10.1 Å². The SMILES string of the molecule is Cc1cnc(N(C)C2CNC2)cc1[N+](=O)[O-]. The second-order valence-electron chi connectivity index (χ2n) is 4.01. The normalized spacial score (nSPS) is 15.6. The summed E-state index contributed by atoms with van der Waals surface area (Å²) in [6.45, 7) is 3.50. The van der Waals surface area contributed by atoms with E-state index in [4.69, 9.17) is 0 Å². The minimum atomic E-state index is -0.368. The number of rotatable bonds is 3. The number of nitrogens with zero attached hydrogens (tertiary/aromatic N) is 3. The van der Waals surface area contributed by atoms with Gasteiger partial charge in [-0.25, -0.2) is 4.98 Å². The Kier molecular flexibility index (Phi) is 2.74. The van der Waals surface area contributed by atoms with Gasteiger partial charge in [0.15, 0.2) is 0 Å². The molecule has 1 saturated heterocycles. The van der Waals surface area contributed by atoms with Crippen molar-refractivity contribution in [2.75, 3.05) is 25.0 Å². The Morgan fingerprint density at radius 1 is 1.62 bits per heavy atom. The first-order valence-corrected chi connectivity index (χ1v) is 5.14. The monoisotopic (exact) mass is 222 g/mol. The van der Waals surface area contributed by atoms with Crippen molar-refractivity contribution >= 4 is 11.5 Å². The van der Waals surface area contributed by atoms with Gasteiger partial charge >= 0.3 is 0 Å². The third-order valence-corrected chi connectivity index (χ3v) is 2.93. The molecule has 2 rings (SSSR count). The second kappa shape index (κ2) is 4.05. The lowest BCUT2D eigenvalue weighted by Crippen LogP contribution is -2.56. The molecule has 0 unspecified atom stereocenters. The van der Waals surface area contributed by atoms with Crippen molar-refractivity contribution in [1.82, 2.24) is 10.3 Å². The lowest BCUT2D eigenvalue weighted by Gasteiger charge is -2.36. The summed E-state index contributed by atoms with van der Waals surface area (Å²) in [5.41, 5.74) is 0.720. The maximum absolute atomic E-state index is 10.8. The van der Waals surface area contributed by atoms with E-state index in [2.05, 4.69) is 10.3 Å².